The minimum absolute atomic E-state index is 0.242. The molecule has 3 heteroatoms. The third kappa shape index (κ3) is 5.13. The molecule has 22 heavy (non-hydrogen) atoms. The normalized spacial score (nSPS) is 16.3. The van der Waals surface area contributed by atoms with E-state index in [1.165, 1.54) is 5.56 Å². The zero-order chi connectivity index (χ0) is 15.9. The lowest BCUT2D eigenvalue weighted by atomic mass is 10.0. The van der Waals surface area contributed by atoms with Crippen LogP contribution < -0.4 is 0 Å². The van der Waals surface area contributed by atoms with Crippen LogP contribution in [-0.2, 0) is 22.4 Å². The molecule has 3 nitrogen and oxygen atoms in total. The summed E-state index contributed by atoms with van der Waals surface area (Å²) in [5.41, 5.74) is 2.47. The monoisotopic (exact) mass is 303 g/mol. The zero-order valence-corrected chi connectivity index (χ0v) is 14.2. The average Bonchev–Trinajstić information content (AvgIpc) is 2.50. The van der Waals surface area contributed by atoms with E-state index in [1.54, 1.807) is 0 Å². The van der Waals surface area contributed by atoms with Gasteiger partial charge in [0.25, 0.3) is 0 Å². The van der Waals surface area contributed by atoms with Gasteiger partial charge in [0.1, 0.15) is 0 Å². The number of ether oxygens (including phenoxy) is 1. The third-order valence-electron chi connectivity index (χ3n) is 4.22. The predicted molar refractivity (Wildman–Crippen MR) is 89.9 cm³/mol. The molecular formula is C19H29NO2. The molecule has 1 heterocycles. The molecule has 0 aliphatic carbocycles. The number of benzene rings is 1. The molecule has 1 aromatic rings. The number of hydrogen-bond acceptors (Lipinski definition) is 2. The Bertz CT molecular complexity index is 459. The van der Waals surface area contributed by atoms with Gasteiger partial charge in [-0.05, 0) is 43.2 Å². The molecule has 0 atom stereocenters. The van der Waals surface area contributed by atoms with E-state index in [1.807, 2.05) is 11.8 Å². The summed E-state index contributed by atoms with van der Waals surface area (Å²) in [6.07, 6.45) is 3.88. The van der Waals surface area contributed by atoms with Crippen molar-refractivity contribution < 1.29 is 9.53 Å². The van der Waals surface area contributed by atoms with E-state index in [4.69, 9.17) is 4.74 Å². The van der Waals surface area contributed by atoms with Crippen molar-refractivity contribution in [3.63, 3.8) is 0 Å². The first-order chi connectivity index (χ1) is 10.6. The van der Waals surface area contributed by atoms with Crippen molar-refractivity contribution in [3.05, 3.63) is 35.4 Å². The van der Waals surface area contributed by atoms with Gasteiger partial charge in [-0.3, -0.25) is 4.79 Å². The van der Waals surface area contributed by atoms with Crippen LogP contribution in [0.15, 0.2) is 24.3 Å². The van der Waals surface area contributed by atoms with E-state index in [2.05, 4.69) is 38.1 Å². The molecule has 122 valence electrons. The maximum absolute atomic E-state index is 12.4. The molecular weight excluding hydrogens is 274 g/mol. The van der Waals surface area contributed by atoms with Crippen LogP contribution in [0.5, 0.6) is 0 Å². The molecule has 1 aliphatic heterocycles. The Morgan fingerprint density at radius 2 is 1.77 bits per heavy atom. The summed E-state index contributed by atoms with van der Waals surface area (Å²) in [7, 11) is 0. The highest BCUT2D eigenvalue weighted by molar-refractivity contribution is 5.78. The van der Waals surface area contributed by atoms with Crippen molar-refractivity contribution in [1.29, 1.82) is 0 Å². The number of likely N-dealkylation sites (tertiary alicyclic amines) is 1. The molecule has 0 bridgehead atoms. The topological polar surface area (TPSA) is 29.5 Å². The summed E-state index contributed by atoms with van der Waals surface area (Å²) < 4.78 is 5.64. The van der Waals surface area contributed by atoms with E-state index < -0.39 is 0 Å². The lowest BCUT2D eigenvalue weighted by molar-refractivity contribution is -0.133. The Kier molecular flexibility index (Phi) is 6.44. The van der Waals surface area contributed by atoms with Gasteiger partial charge < -0.3 is 9.64 Å². The van der Waals surface area contributed by atoms with Crippen LogP contribution in [0.2, 0.25) is 0 Å². The molecule has 1 aliphatic rings. The van der Waals surface area contributed by atoms with Gasteiger partial charge in [0.05, 0.1) is 12.5 Å². The van der Waals surface area contributed by atoms with E-state index in [9.17, 15) is 4.79 Å². The van der Waals surface area contributed by atoms with Crippen LogP contribution in [0.3, 0.4) is 0 Å². The Morgan fingerprint density at radius 1 is 1.18 bits per heavy atom. The summed E-state index contributed by atoms with van der Waals surface area (Å²) in [5.74, 6) is 0.908. The predicted octanol–water partition coefficient (Wildman–Crippen LogP) is 3.46. The highest BCUT2D eigenvalue weighted by Gasteiger charge is 2.22. The number of hydrogen-bond donors (Lipinski definition) is 0. The van der Waals surface area contributed by atoms with Gasteiger partial charge in [-0.2, -0.15) is 0 Å². The maximum Gasteiger partial charge on any atom is 0.226 e. The largest absolute Gasteiger partial charge is 0.378 e. The van der Waals surface area contributed by atoms with Crippen molar-refractivity contribution in [2.45, 2.75) is 52.6 Å². The SMILES string of the molecule is CCOC1CCN(C(=O)Cc2ccc(CC(C)C)cc2)CC1. The smallest absolute Gasteiger partial charge is 0.226 e. The number of rotatable bonds is 6. The maximum atomic E-state index is 12.4. The fraction of sp³-hybridized carbons (Fsp3) is 0.632. The number of piperidine rings is 1. The number of carbonyl (C=O) groups excluding carboxylic acids is 1. The molecule has 0 N–H and O–H groups in total. The van der Waals surface area contributed by atoms with Gasteiger partial charge in [0.15, 0.2) is 0 Å². The highest BCUT2D eigenvalue weighted by Crippen LogP contribution is 2.16. The molecule has 0 aromatic heterocycles. The van der Waals surface area contributed by atoms with E-state index in [0.717, 1.165) is 44.5 Å². The minimum Gasteiger partial charge on any atom is -0.378 e. The van der Waals surface area contributed by atoms with E-state index in [-0.39, 0.29) is 5.91 Å². The first kappa shape index (κ1) is 17.0. The van der Waals surface area contributed by atoms with Gasteiger partial charge in [0.2, 0.25) is 5.91 Å². The minimum atomic E-state index is 0.242. The van der Waals surface area contributed by atoms with Crippen LogP contribution >= 0.6 is 0 Å². The average molecular weight is 303 g/mol. The van der Waals surface area contributed by atoms with Crippen molar-refractivity contribution in [3.8, 4) is 0 Å². The zero-order valence-electron chi connectivity index (χ0n) is 14.2. The van der Waals surface area contributed by atoms with Crippen LogP contribution in [-0.4, -0.2) is 36.6 Å². The van der Waals surface area contributed by atoms with Crippen LogP contribution in [0, 0.1) is 5.92 Å². The van der Waals surface area contributed by atoms with Crippen molar-refractivity contribution in [2.75, 3.05) is 19.7 Å². The second-order valence-electron chi connectivity index (χ2n) is 6.63. The molecule has 0 radical (unpaired) electrons. The van der Waals surface area contributed by atoms with Crippen molar-refractivity contribution >= 4 is 5.91 Å². The van der Waals surface area contributed by atoms with Crippen LogP contribution in [0.1, 0.15) is 44.7 Å². The van der Waals surface area contributed by atoms with Gasteiger partial charge >= 0.3 is 0 Å². The first-order valence-corrected chi connectivity index (χ1v) is 8.55. The molecule has 0 saturated carbocycles. The standard InChI is InChI=1S/C19H29NO2/c1-4-22-18-9-11-20(12-10-18)19(21)14-17-7-5-16(6-8-17)13-15(2)3/h5-8,15,18H,4,9-14H2,1-3H3. The fourth-order valence-electron chi connectivity index (χ4n) is 3.06. The highest BCUT2D eigenvalue weighted by atomic mass is 16.5. The van der Waals surface area contributed by atoms with Gasteiger partial charge in [-0.15, -0.1) is 0 Å². The Balaban J connectivity index is 1.82. The van der Waals surface area contributed by atoms with Gasteiger partial charge in [-0.25, -0.2) is 0 Å². The quantitative estimate of drug-likeness (QED) is 0.805. The lowest BCUT2D eigenvalue weighted by Crippen LogP contribution is -2.41. The van der Waals surface area contributed by atoms with Crippen molar-refractivity contribution in [2.24, 2.45) is 5.92 Å². The summed E-state index contributed by atoms with van der Waals surface area (Å²) >= 11 is 0. The molecule has 1 saturated heterocycles. The summed E-state index contributed by atoms with van der Waals surface area (Å²) in [5, 5.41) is 0. The van der Waals surface area contributed by atoms with Crippen LogP contribution in [0.25, 0.3) is 0 Å². The van der Waals surface area contributed by atoms with E-state index >= 15 is 0 Å². The third-order valence-corrected chi connectivity index (χ3v) is 4.22. The molecule has 0 spiro atoms. The molecule has 0 unspecified atom stereocenters. The molecule has 1 amide bonds. The van der Waals surface area contributed by atoms with Gasteiger partial charge in [-0.1, -0.05) is 38.1 Å². The van der Waals surface area contributed by atoms with Crippen molar-refractivity contribution in [1.82, 2.24) is 4.90 Å². The van der Waals surface area contributed by atoms with Gasteiger partial charge in [0, 0.05) is 19.7 Å². The Labute approximate surface area is 134 Å². The molecule has 1 fully saturated rings. The second-order valence-corrected chi connectivity index (χ2v) is 6.63. The summed E-state index contributed by atoms with van der Waals surface area (Å²) in [6, 6.07) is 8.51. The lowest BCUT2D eigenvalue weighted by Gasteiger charge is -2.31. The van der Waals surface area contributed by atoms with E-state index in [0.29, 0.717) is 18.4 Å². The number of amides is 1. The number of nitrogens with zero attached hydrogens (tertiary/aromatic N) is 1. The number of carbonyl (C=O) groups is 1. The van der Waals surface area contributed by atoms with Crippen LogP contribution in [0.4, 0.5) is 0 Å². The Hall–Kier alpha value is -1.35. The molecule has 1 aromatic carbocycles. The summed E-state index contributed by atoms with van der Waals surface area (Å²) in [4.78, 5) is 14.4. The summed E-state index contributed by atoms with van der Waals surface area (Å²) in [6.45, 7) is 8.90. The second kappa shape index (κ2) is 8.33. The molecule has 2 rings (SSSR count). The Morgan fingerprint density at radius 3 is 2.32 bits per heavy atom. The first-order valence-electron chi connectivity index (χ1n) is 8.55. The fourth-order valence-corrected chi connectivity index (χ4v) is 3.06.